The number of carboxylic acid groups (broad SMARTS) is 1. The maximum absolute atomic E-state index is 11.9. The SMILES string of the molecule is CCc1ccc2[nH]c(C)c(CC(NC(=O)OC(C)(C)C)C(=O)O)c2c1. The summed E-state index contributed by atoms with van der Waals surface area (Å²) in [6.45, 7) is 9.19. The Morgan fingerprint density at radius 2 is 2.00 bits per heavy atom. The van der Waals surface area contributed by atoms with Crippen LogP contribution in [0.4, 0.5) is 4.79 Å². The molecule has 1 aromatic carbocycles. The fourth-order valence-electron chi connectivity index (χ4n) is 2.77. The number of aliphatic carboxylic acids is 1. The van der Waals surface area contributed by atoms with Gasteiger partial charge in [0.2, 0.25) is 0 Å². The van der Waals surface area contributed by atoms with Crippen molar-refractivity contribution in [3.05, 3.63) is 35.0 Å². The fraction of sp³-hybridized carbons (Fsp3) is 0.474. The van der Waals surface area contributed by atoms with Crippen LogP contribution >= 0.6 is 0 Å². The van der Waals surface area contributed by atoms with E-state index in [1.807, 2.05) is 13.0 Å². The van der Waals surface area contributed by atoms with Crippen LogP contribution in [0.2, 0.25) is 0 Å². The minimum absolute atomic E-state index is 0.188. The summed E-state index contributed by atoms with van der Waals surface area (Å²) in [6.07, 6.45) is 0.359. The van der Waals surface area contributed by atoms with Crippen LogP contribution in [0.15, 0.2) is 18.2 Å². The molecule has 0 aliphatic heterocycles. The highest BCUT2D eigenvalue weighted by molar-refractivity contribution is 5.87. The molecule has 2 aromatic rings. The van der Waals surface area contributed by atoms with E-state index in [0.29, 0.717) is 0 Å². The molecule has 0 aliphatic carbocycles. The van der Waals surface area contributed by atoms with Crippen LogP contribution in [0.1, 0.15) is 44.5 Å². The van der Waals surface area contributed by atoms with Crippen molar-refractivity contribution < 1.29 is 19.4 Å². The van der Waals surface area contributed by atoms with E-state index in [0.717, 1.165) is 28.6 Å². The summed E-state index contributed by atoms with van der Waals surface area (Å²) in [5.74, 6) is -1.09. The first kappa shape index (κ1) is 18.8. The highest BCUT2D eigenvalue weighted by Gasteiger charge is 2.26. The summed E-state index contributed by atoms with van der Waals surface area (Å²) < 4.78 is 5.17. The third-order valence-corrected chi connectivity index (χ3v) is 3.99. The van der Waals surface area contributed by atoms with E-state index < -0.39 is 23.7 Å². The van der Waals surface area contributed by atoms with Gasteiger partial charge in [-0.25, -0.2) is 9.59 Å². The first-order chi connectivity index (χ1) is 11.6. The Morgan fingerprint density at radius 3 is 2.56 bits per heavy atom. The van der Waals surface area contributed by atoms with Crippen LogP contribution in [-0.2, 0) is 22.4 Å². The molecule has 0 bridgehead atoms. The molecule has 0 spiro atoms. The number of ether oxygens (including phenoxy) is 1. The second kappa shape index (κ2) is 7.17. The molecule has 1 aromatic heterocycles. The summed E-state index contributed by atoms with van der Waals surface area (Å²) in [4.78, 5) is 26.8. The number of aromatic amines is 1. The van der Waals surface area contributed by atoms with Crippen LogP contribution in [0.5, 0.6) is 0 Å². The summed E-state index contributed by atoms with van der Waals surface area (Å²) in [7, 11) is 0. The van der Waals surface area contributed by atoms with Crippen molar-refractivity contribution in [3.8, 4) is 0 Å². The molecule has 0 saturated heterocycles. The molecule has 3 N–H and O–H groups in total. The lowest BCUT2D eigenvalue weighted by atomic mass is 10.0. The average Bonchev–Trinajstić information content (AvgIpc) is 2.79. The molecule has 0 aliphatic rings. The van der Waals surface area contributed by atoms with Crippen molar-refractivity contribution in [1.29, 1.82) is 0 Å². The number of rotatable bonds is 5. The van der Waals surface area contributed by atoms with Crippen molar-refractivity contribution in [2.75, 3.05) is 0 Å². The third kappa shape index (κ3) is 4.75. The topological polar surface area (TPSA) is 91.4 Å². The number of amides is 1. The predicted molar refractivity (Wildman–Crippen MR) is 96.9 cm³/mol. The van der Waals surface area contributed by atoms with E-state index in [1.165, 1.54) is 5.56 Å². The van der Waals surface area contributed by atoms with Gasteiger partial charge in [0.25, 0.3) is 0 Å². The molecule has 25 heavy (non-hydrogen) atoms. The van der Waals surface area contributed by atoms with Gasteiger partial charge in [0, 0.05) is 23.0 Å². The van der Waals surface area contributed by atoms with Gasteiger partial charge in [-0.15, -0.1) is 0 Å². The van der Waals surface area contributed by atoms with E-state index in [9.17, 15) is 14.7 Å². The third-order valence-electron chi connectivity index (χ3n) is 3.99. The number of aromatic nitrogens is 1. The number of fused-ring (bicyclic) bond motifs is 1. The van der Waals surface area contributed by atoms with E-state index in [4.69, 9.17) is 4.74 Å². The maximum Gasteiger partial charge on any atom is 0.408 e. The normalized spacial score (nSPS) is 12.8. The molecule has 1 unspecified atom stereocenters. The molecule has 6 nitrogen and oxygen atoms in total. The van der Waals surface area contributed by atoms with Crippen LogP contribution in [0.25, 0.3) is 10.9 Å². The Kier molecular flexibility index (Phi) is 5.40. The lowest BCUT2D eigenvalue weighted by molar-refractivity contribution is -0.139. The highest BCUT2D eigenvalue weighted by Crippen LogP contribution is 2.25. The van der Waals surface area contributed by atoms with Crippen LogP contribution in [0.3, 0.4) is 0 Å². The van der Waals surface area contributed by atoms with Gasteiger partial charge in [0.1, 0.15) is 11.6 Å². The number of alkyl carbamates (subject to hydrolysis) is 1. The van der Waals surface area contributed by atoms with E-state index >= 15 is 0 Å². The minimum Gasteiger partial charge on any atom is -0.480 e. The highest BCUT2D eigenvalue weighted by atomic mass is 16.6. The molecule has 0 radical (unpaired) electrons. The van der Waals surface area contributed by atoms with E-state index in [2.05, 4.69) is 29.4 Å². The quantitative estimate of drug-likeness (QED) is 0.772. The van der Waals surface area contributed by atoms with Crippen LogP contribution < -0.4 is 5.32 Å². The summed E-state index contributed by atoms with van der Waals surface area (Å²) in [5.41, 5.74) is 3.26. The molecule has 1 amide bonds. The Balaban J connectivity index is 2.27. The molecular weight excluding hydrogens is 320 g/mol. The average molecular weight is 346 g/mol. The number of carboxylic acids is 1. The zero-order valence-corrected chi connectivity index (χ0v) is 15.4. The monoisotopic (exact) mass is 346 g/mol. The zero-order valence-electron chi connectivity index (χ0n) is 15.4. The minimum atomic E-state index is -1.09. The van der Waals surface area contributed by atoms with Gasteiger partial charge >= 0.3 is 12.1 Å². The number of carbonyl (C=O) groups excluding carboxylic acids is 1. The summed E-state index contributed by atoms with van der Waals surface area (Å²) >= 11 is 0. The Labute approximate surface area is 147 Å². The van der Waals surface area contributed by atoms with Gasteiger partial charge in [-0.2, -0.15) is 0 Å². The largest absolute Gasteiger partial charge is 0.480 e. The first-order valence-corrected chi connectivity index (χ1v) is 8.43. The molecular formula is C19H26N2O4. The molecule has 2 rings (SSSR count). The Bertz CT molecular complexity index is 787. The van der Waals surface area contributed by atoms with Gasteiger partial charge in [-0.05, 0) is 57.4 Å². The maximum atomic E-state index is 11.9. The number of hydrogen-bond donors (Lipinski definition) is 3. The second-order valence-corrected chi connectivity index (χ2v) is 7.20. The molecule has 0 fully saturated rings. The lowest BCUT2D eigenvalue weighted by Crippen LogP contribution is -2.44. The fourth-order valence-corrected chi connectivity index (χ4v) is 2.77. The number of aryl methyl sites for hydroxylation is 2. The first-order valence-electron chi connectivity index (χ1n) is 8.43. The summed E-state index contributed by atoms with van der Waals surface area (Å²) in [6, 6.07) is 5.07. The Hall–Kier alpha value is -2.50. The molecule has 6 heteroatoms. The molecule has 1 atom stereocenters. The predicted octanol–water partition coefficient (Wildman–Crippen LogP) is 3.56. The Morgan fingerprint density at radius 1 is 1.32 bits per heavy atom. The van der Waals surface area contributed by atoms with Crippen molar-refractivity contribution in [3.63, 3.8) is 0 Å². The number of H-pyrrole nitrogens is 1. The smallest absolute Gasteiger partial charge is 0.408 e. The van der Waals surface area contributed by atoms with Gasteiger partial charge in [-0.1, -0.05) is 13.0 Å². The summed E-state index contributed by atoms with van der Waals surface area (Å²) in [5, 5.41) is 13.0. The number of benzene rings is 1. The number of nitrogens with one attached hydrogen (secondary N) is 2. The van der Waals surface area contributed by atoms with Gasteiger partial charge < -0.3 is 20.1 Å². The molecule has 0 saturated carbocycles. The van der Waals surface area contributed by atoms with Crippen molar-refractivity contribution in [1.82, 2.24) is 10.3 Å². The zero-order chi connectivity index (χ0) is 18.8. The number of carbonyl (C=O) groups is 2. The second-order valence-electron chi connectivity index (χ2n) is 7.20. The van der Waals surface area contributed by atoms with E-state index in [1.54, 1.807) is 20.8 Å². The van der Waals surface area contributed by atoms with Crippen LogP contribution in [0, 0.1) is 6.92 Å². The van der Waals surface area contributed by atoms with E-state index in [-0.39, 0.29) is 6.42 Å². The van der Waals surface area contributed by atoms with Gasteiger partial charge in [0.15, 0.2) is 0 Å². The van der Waals surface area contributed by atoms with Crippen molar-refractivity contribution in [2.45, 2.75) is 59.1 Å². The standard InChI is InChI=1S/C19H26N2O4/c1-6-12-7-8-15-14(9-12)13(11(2)20-15)10-16(17(22)23)21-18(24)25-19(3,4)5/h7-9,16,20H,6,10H2,1-5H3,(H,21,24)(H,22,23). The van der Waals surface area contributed by atoms with Gasteiger partial charge in [0.05, 0.1) is 0 Å². The van der Waals surface area contributed by atoms with Gasteiger partial charge in [-0.3, -0.25) is 0 Å². The van der Waals surface area contributed by atoms with Crippen molar-refractivity contribution >= 4 is 23.0 Å². The van der Waals surface area contributed by atoms with Crippen LogP contribution in [-0.4, -0.2) is 33.8 Å². The molecule has 1 heterocycles. The van der Waals surface area contributed by atoms with Crippen molar-refractivity contribution in [2.24, 2.45) is 0 Å². The molecule has 136 valence electrons. The lowest BCUT2D eigenvalue weighted by Gasteiger charge is -2.22. The number of hydrogen-bond acceptors (Lipinski definition) is 3.